The van der Waals surface area contributed by atoms with Gasteiger partial charge in [0.25, 0.3) is 0 Å². The second kappa shape index (κ2) is 5.85. The van der Waals surface area contributed by atoms with Gasteiger partial charge in [-0.1, -0.05) is 35.9 Å². The first kappa shape index (κ1) is 12.9. The quantitative estimate of drug-likeness (QED) is 0.921. The summed E-state index contributed by atoms with van der Waals surface area (Å²) in [5.41, 5.74) is 8.46. The smallest absolute Gasteiger partial charge is 0.213 e. The van der Waals surface area contributed by atoms with E-state index in [-0.39, 0.29) is 0 Å². The van der Waals surface area contributed by atoms with Gasteiger partial charge in [0.05, 0.1) is 0 Å². The topological polar surface area (TPSA) is 48.1 Å². The second-order valence-corrected chi connectivity index (χ2v) is 4.39. The Balaban J connectivity index is 2.07. The molecular formula is C14H15ClN2O. The number of nitrogens with zero attached hydrogens (tertiary/aromatic N) is 1. The van der Waals surface area contributed by atoms with Gasteiger partial charge in [-0.05, 0) is 18.6 Å². The number of nitrogens with two attached hydrogens (primary N) is 1. The van der Waals surface area contributed by atoms with Crippen LogP contribution in [-0.4, -0.2) is 4.98 Å². The minimum atomic E-state index is 0.411. The fraction of sp³-hybridized carbons (Fsp3) is 0.214. The van der Waals surface area contributed by atoms with Crippen molar-refractivity contribution in [1.82, 2.24) is 4.98 Å². The van der Waals surface area contributed by atoms with E-state index in [1.54, 1.807) is 0 Å². The predicted molar refractivity (Wildman–Crippen MR) is 72.6 cm³/mol. The molecule has 0 fully saturated rings. The van der Waals surface area contributed by atoms with Crippen molar-refractivity contribution in [1.29, 1.82) is 0 Å². The van der Waals surface area contributed by atoms with Crippen LogP contribution in [0.25, 0.3) is 0 Å². The maximum absolute atomic E-state index is 6.05. The fourth-order valence-corrected chi connectivity index (χ4v) is 1.82. The molecule has 0 saturated carbocycles. The molecule has 94 valence electrons. The van der Waals surface area contributed by atoms with Gasteiger partial charge in [0.15, 0.2) is 0 Å². The van der Waals surface area contributed by atoms with Crippen molar-refractivity contribution in [3.63, 3.8) is 0 Å². The number of ether oxygens (including phenoxy) is 1. The number of pyridine rings is 1. The van der Waals surface area contributed by atoms with E-state index in [2.05, 4.69) is 4.98 Å². The van der Waals surface area contributed by atoms with Crippen molar-refractivity contribution in [3.05, 3.63) is 58.2 Å². The summed E-state index contributed by atoms with van der Waals surface area (Å²) in [7, 11) is 0. The van der Waals surface area contributed by atoms with E-state index >= 15 is 0 Å². The van der Waals surface area contributed by atoms with E-state index in [1.165, 1.54) is 0 Å². The first-order valence-corrected chi connectivity index (χ1v) is 6.11. The molecule has 3 nitrogen and oxygen atoms in total. The number of benzene rings is 1. The van der Waals surface area contributed by atoms with Gasteiger partial charge in [0.1, 0.15) is 6.61 Å². The van der Waals surface area contributed by atoms with Crippen LogP contribution in [0.4, 0.5) is 0 Å². The van der Waals surface area contributed by atoms with E-state index in [0.717, 1.165) is 16.8 Å². The Hall–Kier alpha value is -1.58. The van der Waals surface area contributed by atoms with Gasteiger partial charge in [-0.15, -0.1) is 0 Å². The largest absolute Gasteiger partial charge is 0.473 e. The van der Waals surface area contributed by atoms with Gasteiger partial charge < -0.3 is 10.5 Å². The maximum Gasteiger partial charge on any atom is 0.213 e. The van der Waals surface area contributed by atoms with Gasteiger partial charge in [-0.25, -0.2) is 4.98 Å². The lowest BCUT2D eigenvalue weighted by Crippen LogP contribution is -2.03. The Labute approximate surface area is 112 Å². The van der Waals surface area contributed by atoms with Crippen molar-refractivity contribution in [2.45, 2.75) is 20.1 Å². The van der Waals surface area contributed by atoms with Gasteiger partial charge in [-0.3, -0.25) is 0 Å². The van der Waals surface area contributed by atoms with Crippen molar-refractivity contribution in [3.8, 4) is 5.88 Å². The van der Waals surface area contributed by atoms with E-state index in [0.29, 0.717) is 24.1 Å². The number of halogens is 1. The summed E-state index contributed by atoms with van der Waals surface area (Å²) in [5, 5.41) is 0.702. The second-order valence-electron chi connectivity index (χ2n) is 3.98. The summed E-state index contributed by atoms with van der Waals surface area (Å²) in [4.78, 5) is 4.34. The van der Waals surface area contributed by atoms with E-state index in [4.69, 9.17) is 22.1 Å². The van der Waals surface area contributed by atoms with Crippen LogP contribution in [0.15, 0.2) is 36.4 Å². The lowest BCUT2D eigenvalue weighted by molar-refractivity contribution is 0.293. The molecule has 0 aliphatic rings. The summed E-state index contributed by atoms with van der Waals surface area (Å²) in [5.74, 6) is 0.588. The Morgan fingerprint density at radius 3 is 2.61 bits per heavy atom. The number of hydrogen-bond donors (Lipinski definition) is 1. The lowest BCUT2D eigenvalue weighted by atomic mass is 10.2. The molecule has 1 aromatic heterocycles. The molecule has 0 aliphatic carbocycles. The average molecular weight is 263 g/mol. The maximum atomic E-state index is 6.05. The summed E-state index contributed by atoms with van der Waals surface area (Å²) in [6.45, 7) is 2.82. The zero-order valence-corrected chi connectivity index (χ0v) is 10.9. The molecule has 1 aromatic carbocycles. The highest BCUT2D eigenvalue weighted by Crippen LogP contribution is 2.18. The van der Waals surface area contributed by atoms with Crippen LogP contribution in [0, 0.1) is 6.92 Å². The standard InChI is InChI=1S/C14H15ClN2O/c1-10-11(8-16)6-7-14(17-10)18-9-12-4-2-3-5-13(12)15/h2-7H,8-9,16H2,1H3. The number of rotatable bonds is 4. The van der Waals surface area contributed by atoms with E-state index < -0.39 is 0 Å². The minimum absolute atomic E-state index is 0.411. The van der Waals surface area contributed by atoms with Gasteiger partial charge in [0.2, 0.25) is 5.88 Å². The molecule has 0 radical (unpaired) electrons. The molecule has 0 atom stereocenters. The van der Waals surface area contributed by atoms with Gasteiger partial charge in [0, 0.05) is 28.9 Å². The third kappa shape index (κ3) is 3.00. The van der Waals surface area contributed by atoms with E-state index in [9.17, 15) is 0 Å². The Bertz CT molecular complexity index is 543. The summed E-state index contributed by atoms with van der Waals surface area (Å²) in [6, 6.07) is 11.4. The summed E-state index contributed by atoms with van der Waals surface area (Å²) >= 11 is 6.05. The zero-order valence-electron chi connectivity index (χ0n) is 10.2. The van der Waals surface area contributed by atoms with Crippen LogP contribution in [0.2, 0.25) is 5.02 Å². The van der Waals surface area contributed by atoms with Crippen LogP contribution in [0.5, 0.6) is 5.88 Å². The lowest BCUT2D eigenvalue weighted by Gasteiger charge is -2.09. The molecule has 1 heterocycles. The van der Waals surface area contributed by atoms with Crippen LogP contribution >= 0.6 is 11.6 Å². The first-order valence-electron chi connectivity index (χ1n) is 5.73. The first-order chi connectivity index (χ1) is 8.70. The molecule has 4 heteroatoms. The summed E-state index contributed by atoms with van der Waals surface area (Å²) in [6.07, 6.45) is 0. The van der Waals surface area contributed by atoms with Crippen molar-refractivity contribution in [2.75, 3.05) is 0 Å². The molecule has 0 spiro atoms. The minimum Gasteiger partial charge on any atom is -0.473 e. The molecule has 18 heavy (non-hydrogen) atoms. The Morgan fingerprint density at radius 2 is 1.94 bits per heavy atom. The molecule has 0 bridgehead atoms. The van der Waals surface area contributed by atoms with Crippen molar-refractivity contribution < 1.29 is 4.74 Å². The highest BCUT2D eigenvalue weighted by atomic mass is 35.5. The monoisotopic (exact) mass is 262 g/mol. The molecular weight excluding hydrogens is 248 g/mol. The third-order valence-electron chi connectivity index (χ3n) is 2.72. The summed E-state index contributed by atoms with van der Waals surface area (Å²) < 4.78 is 5.62. The molecule has 0 saturated heterocycles. The highest BCUT2D eigenvalue weighted by molar-refractivity contribution is 6.31. The Kier molecular flexibility index (Phi) is 4.18. The molecule has 2 rings (SSSR count). The highest BCUT2D eigenvalue weighted by Gasteiger charge is 2.03. The Morgan fingerprint density at radius 1 is 1.17 bits per heavy atom. The molecule has 2 aromatic rings. The van der Waals surface area contributed by atoms with Gasteiger partial charge in [-0.2, -0.15) is 0 Å². The van der Waals surface area contributed by atoms with Crippen molar-refractivity contribution >= 4 is 11.6 Å². The van der Waals surface area contributed by atoms with Crippen LogP contribution in [-0.2, 0) is 13.2 Å². The number of hydrogen-bond acceptors (Lipinski definition) is 3. The van der Waals surface area contributed by atoms with E-state index in [1.807, 2.05) is 43.3 Å². The van der Waals surface area contributed by atoms with Crippen LogP contribution in [0.3, 0.4) is 0 Å². The number of aryl methyl sites for hydroxylation is 1. The zero-order chi connectivity index (χ0) is 13.0. The molecule has 0 amide bonds. The van der Waals surface area contributed by atoms with Crippen molar-refractivity contribution in [2.24, 2.45) is 5.73 Å². The fourth-order valence-electron chi connectivity index (χ4n) is 1.63. The SMILES string of the molecule is Cc1nc(OCc2ccccc2Cl)ccc1CN. The number of aromatic nitrogens is 1. The third-order valence-corrected chi connectivity index (χ3v) is 3.09. The molecule has 0 aliphatic heterocycles. The molecule has 2 N–H and O–H groups in total. The van der Waals surface area contributed by atoms with Crippen LogP contribution < -0.4 is 10.5 Å². The van der Waals surface area contributed by atoms with Crippen LogP contribution in [0.1, 0.15) is 16.8 Å². The molecule has 0 unspecified atom stereocenters. The predicted octanol–water partition coefficient (Wildman–Crippen LogP) is 3.08. The normalized spacial score (nSPS) is 10.4. The average Bonchev–Trinajstić information content (AvgIpc) is 2.38. The van der Waals surface area contributed by atoms with Gasteiger partial charge >= 0.3 is 0 Å².